The number of sulfonamides is 1. The number of benzene rings is 3. The van der Waals surface area contributed by atoms with Gasteiger partial charge in [-0.05, 0) is 79.9 Å². The number of carbonyl (C=O) groups excluding carboxylic acids is 1. The van der Waals surface area contributed by atoms with Gasteiger partial charge in [-0.15, -0.1) is 0 Å². The summed E-state index contributed by atoms with van der Waals surface area (Å²) < 4.78 is 33.9. The molecule has 1 atom stereocenters. The summed E-state index contributed by atoms with van der Waals surface area (Å²) in [4.78, 5) is 12.7. The largest absolute Gasteiger partial charge is 0.481 e. The zero-order valence-corrected chi connectivity index (χ0v) is 19.6. The van der Waals surface area contributed by atoms with Crippen LogP contribution in [0.4, 0.5) is 11.4 Å². The second kappa shape index (κ2) is 10.1. The number of aryl methyl sites for hydroxylation is 2. The summed E-state index contributed by atoms with van der Waals surface area (Å²) >= 11 is 5.96. The van der Waals surface area contributed by atoms with Crippen molar-refractivity contribution < 1.29 is 17.9 Å². The Morgan fingerprint density at radius 1 is 1.03 bits per heavy atom. The van der Waals surface area contributed by atoms with Gasteiger partial charge in [0.25, 0.3) is 15.9 Å². The van der Waals surface area contributed by atoms with E-state index in [0.717, 1.165) is 11.1 Å². The molecule has 0 aliphatic heterocycles. The molecule has 0 heterocycles. The Morgan fingerprint density at radius 2 is 1.75 bits per heavy atom. The molecule has 0 saturated heterocycles. The predicted molar refractivity (Wildman–Crippen MR) is 128 cm³/mol. The zero-order chi connectivity index (χ0) is 23.3. The number of hydrogen-bond acceptors (Lipinski definition) is 4. The van der Waals surface area contributed by atoms with Crippen molar-refractivity contribution in [2.24, 2.45) is 0 Å². The molecule has 0 aliphatic carbocycles. The molecule has 6 nitrogen and oxygen atoms in total. The fourth-order valence-electron chi connectivity index (χ4n) is 3.02. The highest BCUT2D eigenvalue weighted by Gasteiger charge is 2.20. The molecule has 3 aromatic rings. The lowest BCUT2D eigenvalue weighted by Crippen LogP contribution is -2.32. The van der Waals surface area contributed by atoms with E-state index in [2.05, 4.69) is 10.0 Å². The fourth-order valence-corrected chi connectivity index (χ4v) is 4.32. The SMILES string of the molecule is CC[C@@H](Oc1cccc(Cl)c1)C(=O)Nc1ccc(S(=O)(=O)Nc2cc(C)ccc2C)cc1. The molecule has 32 heavy (non-hydrogen) atoms. The molecule has 2 N–H and O–H groups in total. The summed E-state index contributed by atoms with van der Waals surface area (Å²) in [5.41, 5.74) is 2.78. The Kier molecular flexibility index (Phi) is 7.43. The Hall–Kier alpha value is -3.03. The molecule has 0 radical (unpaired) electrons. The maximum atomic E-state index is 12.8. The van der Waals surface area contributed by atoms with Crippen LogP contribution < -0.4 is 14.8 Å². The number of nitrogens with one attached hydrogen (secondary N) is 2. The maximum absolute atomic E-state index is 12.8. The van der Waals surface area contributed by atoms with Gasteiger partial charge in [0.1, 0.15) is 5.75 Å². The molecule has 0 unspecified atom stereocenters. The lowest BCUT2D eigenvalue weighted by Gasteiger charge is -2.17. The molecule has 0 fully saturated rings. The van der Waals surface area contributed by atoms with Gasteiger partial charge in [-0.25, -0.2) is 8.42 Å². The topological polar surface area (TPSA) is 84.5 Å². The number of anilines is 2. The Balaban J connectivity index is 1.69. The van der Waals surface area contributed by atoms with Crippen LogP contribution >= 0.6 is 11.6 Å². The first kappa shape index (κ1) is 23.6. The third-order valence-corrected chi connectivity index (χ3v) is 6.42. The fraction of sp³-hybridized carbons (Fsp3) is 0.208. The number of ether oxygens (including phenoxy) is 1. The van der Waals surface area contributed by atoms with Crippen molar-refractivity contribution in [2.45, 2.75) is 38.2 Å². The van der Waals surface area contributed by atoms with Gasteiger partial charge in [0.2, 0.25) is 0 Å². The van der Waals surface area contributed by atoms with Crippen molar-refractivity contribution in [3.05, 3.63) is 82.9 Å². The second-order valence-electron chi connectivity index (χ2n) is 7.41. The number of carbonyl (C=O) groups is 1. The third kappa shape index (κ3) is 6.02. The molecule has 0 spiro atoms. The average Bonchev–Trinajstić information content (AvgIpc) is 2.75. The average molecular weight is 473 g/mol. The van der Waals surface area contributed by atoms with Gasteiger partial charge in [0.15, 0.2) is 6.10 Å². The highest BCUT2D eigenvalue weighted by atomic mass is 35.5. The van der Waals surface area contributed by atoms with Gasteiger partial charge in [0.05, 0.1) is 10.6 Å². The van der Waals surface area contributed by atoms with Crippen molar-refractivity contribution in [2.75, 3.05) is 10.0 Å². The first-order chi connectivity index (χ1) is 15.2. The van der Waals surface area contributed by atoms with E-state index in [1.165, 1.54) is 12.1 Å². The van der Waals surface area contributed by atoms with Crippen LogP contribution in [0, 0.1) is 13.8 Å². The molecule has 0 bridgehead atoms. The number of amides is 1. The first-order valence-corrected chi connectivity index (χ1v) is 12.0. The zero-order valence-electron chi connectivity index (χ0n) is 18.1. The molecular formula is C24H25ClN2O4S. The Morgan fingerprint density at radius 3 is 2.41 bits per heavy atom. The van der Waals surface area contributed by atoms with E-state index in [1.807, 2.05) is 32.9 Å². The number of rotatable bonds is 8. The van der Waals surface area contributed by atoms with E-state index in [-0.39, 0.29) is 10.8 Å². The van der Waals surface area contributed by atoms with Crippen molar-refractivity contribution in [1.82, 2.24) is 0 Å². The van der Waals surface area contributed by atoms with Crippen molar-refractivity contribution in [3.8, 4) is 5.75 Å². The molecule has 1 amide bonds. The predicted octanol–water partition coefficient (Wildman–Crippen LogP) is 5.55. The summed E-state index contributed by atoms with van der Waals surface area (Å²) in [5, 5.41) is 3.28. The van der Waals surface area contributed by atoms with E-state index in [0.29, 0.717) is 28.6 Å². The smallest absolute Gasteiger partial charge is 0.265 e. The minimum absolute atomic E-state index is 0.0959. The third-order valence-electron chi connectivity index (χ3n) is 4.81. The first-order valence-electron chi connectivity index (χ1n) is 10.1. The van der Waals surface area contributed by atoms with Crippen LogP contribution in [0.2, 0.25) is 5.02 Å². The minimum Gasteiger partial charge on any atom is -0.481 e. The van der Waals surface area contributed by atoms with Crippen LogP contribution in [0.5, 0.6) is 5.75 Å². The molecule has 0 aliphatic rings. The molecule has 168 valence electrons. The van der Waals surface area contributed by atoms with Crippen molar-refractivity contribution in [3.63, 3.8) is 0 Å². The van der Waals surface area contributed by atoms with Gasteiger partial charge >= 0.3 is 0 Å². The van der Waals surface area contributed by atoms with Gasteiger partial charge in [-0.2, -0.15) is 0 Å². The summed E-state index contributed by atoms with van der Waals surface area (Å²) in [6.07, 6.45) is -0.271. The molecule has 3 aromatic carbocycles. The monoisotopic (exact) mass is 472 g/mol. The molecule has 0 saturated carbocycles. The van der Waals surface area contributed by atoms with E-state index in [1.54, 1.807) is 42.5 Å². The van der Waals surface area contributed by atoms with Crippen molar-refractivity contribution in [1.29, 1.82) is 0 Å². The van der Waals surface area contributed by atoms with E-state index >= 15 is 0 Å². The lowest BCUT2D eigenvalue weighted by atomic mass is 10.1. The van der Waals surface area contributed by atoms with E-state index in [9.17, 15) is 13.2 Å². The van der Waals surface area contributed by atoms with Crippen LogP contribution in [0.25, 0.3) is 0 Å². The van der Waals surface area contributed by atoms with Crippen LogP contribution in [0.1, 0.15) is 24.5 Å². The second-order valence-corrected chi connectivity index (χ2v) is 9.53. The highest BCUT2D eigenvalue weighted by Crippen LogP contribution is 2.23. The molecule has 3 rings (SSSR count). The standard InChI is InChI=1S/C24H25ClN2O4S/c1-4-23(31-20-7-5-6-18(25)15-20)24(28)26-19-10-12-21(13-11-19)32(29,30)27-22-14-16(2)8-9-17(22)3/h5-15,23,27H,4H2,1-3H3,(H,26,28)/t23-/m1/s1. The minimum atomic E-state index is -3.76. The molecule has 8 heteroatoms. The summed E-state index contributed by atoms with van der Waals surface area (Å²) in [5.74, 6) is 0.162. The number of halogens is 1. The quantitative estimate of drug-likeness (QED) is 0.450. The summed E-state index contributed by atoms with van der Waals surface area (Å²) in [6, 6.07) is 18.4. The Bertz CT molecular complexity index is 1210. The van der Waals surface area contributed by atoms with E-state index in [4.69, 9.17) is 16.3 Å². The summed E-state index contributed by atoms with van der Waals surface area (Å²) in [7, 11) is -3.76. The summed E-state index contributed by atoms with van der Waals surface area (Å²) in [6.45, 7) is 5.57. The van der Waals surface area contributed by atoms with Crippen LogP contribution in [-0.2, 0) is 14.8 Å². The van der Waals surface area contributed by atoms with Crippen LogP contribution in [-0.4, -0.2) is 20.4 Å². The van der Waals surface area contributed by atoms with Gasteiger partial charge in [0, 0.05) is 10.7 Å². The normalized spacial score (nSPS) is 12.1. The Labute approximate surface area is 193 Å². The lowest BCUT2D eigenvalue weighted by molar-refractivity contribution is -0.122. The van der Waals surface area contributed by atoms with Crippen LogP contribution in [0.15, 0.2) is 71.6 Å². The van der Waals surface area contributed by atoms with Gasteiger partial charge in [-0.1, -0.05) is 36.7 Å². The van der Waals surface area contributed by atoms with Gasteiger partial charge in [-0.3, -0.25) is 9.52 Å². The van der Waals surface area contributed by atoms with Crippen LogP contribution in [0.3, 0.4) is 0 Å². The van der Waals surface area contributed by atoms with Crippen molar-refractivity contribution >= 4 is 38.9 Å². The van der Waals surface area contributed by atoms with E-state index < -0.39 is 16.1 Å². The molecule has 0 aromatic heterocycles. The maximum Gasteiger partial charge on any atom is 0.265 e. The number of hydrogen-bond donors (Lipinski definition) is 2. The van der Waals surface area contributed by atoms with Gasteiger partial charge < -0.3 is 10.1 Å². The highest BCUT2D eigenvalue weighted by molar-refractivity contribution is 7.92. The molecular weight excluding hydrogens is 448 g/mol.